The van der Waals surface area contributed by atoms with Crippen molar-refractivity contribution in [3.05, 3.63) is 66.2 Å². The van der Waals surface area contributed by atoms with E-state index in [4.69, 9.17) is 0 Å². The molecule has 0 spiro atoms. The summed E-state index contributed by atoms with van der Waals surface area (Å²) in [4.78, 5) is 6.80. The van der Waals surface area contributed by atoms with Crippen molar-refractivity contribution >= 4 is 21.7 Å². The molecule has 0 bridgehead atoms. The molecule has 1 heterocycles. The third kappa shape index (κ3) is 6.65. The molecular formula is C21H28N4O2S. The minimum atomic E-state index is -3.38. The van der Waals surface area contributed by atoms with Crippen LogP contribution in [0.2, 0.25) is 0 Å². The van der Waals surface area contributed by atoms with Gasteiger partial charge in [-0.05, 0) is 37.0 Å². The van der Waals surface area contributed by atoms with Crippen LogP contribution in [-0.2, 0) is 16.6 Å². The number of rotatable bonds is 7. The number of para-hydroxylation sites is 1. The molecule has 7 heteroatoms. The zero-order valence-electron chi connectivity index (χ0n) is 16.0. The topological polar surface area (TPSA) is 73.8 Å². The van der Waals surface area contributed by atoms with E-state index in [1.54, 1.807) is 0 Å². The Morgan fingerprint density at radius 2 is 1.57 bits per heavy atom. The summed E-state index contributed by atoms with van der Waals surface area (Å²) >= 11 is 0. The van der Waals surface area contributed by atoms with Crippen molar-refractivity contribution in [2.24, 2.45) is 4.99 Å². The number of hydrogen-bond donors (Lipinski definition) is 2. The number of nitrogens with one attached hydrogen (secondary N) is 2. The fraction of sp³-hybridized carbons (Fsp3) is 0.381. The van der Waals surface area contributed by atoms with Crippen molar-refractivity contribution < 1.29 is 8.42 Å². The zero-order valence-corrected chi connectivity index (χ0v) is 16.9. The highest BCUT2D eigenvalue weighted by molar-refractivity contribution is 7.89. The first-order valence-electron chi connectivity index (χ1n) is 9.75. The number of sulfonamides is 1. The first-order chi connectivity index (χ1) is 13.6. The first-order valence-corrected chi connectivity index (χ1v) is 11.4. The third-order valence-corrected chi connectivity index (χ3v) is 5.95. The van der Waals surface area contributed by atoms with Crippen LogP contribution >= 0.6 is 0 Å². The molecule has 0 unspecified atom stereocenters. The second-order valence-electron chi connectivity index (χ2n) is 6.87. The molecule has 2 aromatic carbocycles. The SMILES string of the molecule is O=S(=O)(CCN=C(Nc1ccccc1)N1CCCCC1)NCc1ccccc1. The Balaban J connectivity index is 1.59. The van der Waals surface area contributed by atoms with Gasteiger partial charge >= 0.3 is 0 Å². The van der Waals surface area contributed by atoms with Crippen molar-refractivity contribution in [3.63, 3.8) is 0 Å². The predicted molar refractivity (Wildman–Crippen MR) is 115 cm³/mol. The highest BCUT2D eigenvalue weighted by Crippen LogP contribution is 2.12. The van der Waals surface area contributed by atoms with Crippen LogP contribution in [-0.4, -0.2) is 44.7 Å². The van der Waals surface area contributed by atoms with Crippen LogP contribution in [0.3, 0.4) is 0 Å². The summed E-state index contributed by atoms with van der Waals surface area (Å²) in [6.45, 7) is 2.40. The summed E-state index contributed by atoms with van der Waals surface area (Å²) < 4.78 is 27.3. The molecule has 150 valence electrons. The van der Waals surface area contributed by atoms with Crippen LogP contribution in [0.25, 0.3) is 0 Å². The highest BCUT2D eigenvalue weighted by Gasteiger charge is 2.16. The number of guanidine groups is 1. The Labute approximate surface area is 167 Å². The van der Waals surface area contributed by atoms with Crippen LogP contribution in [0, 0.1) is 0 Å². The summed E-state index contributed by atoms with van der Waals surface area (Å²) in [5.74, 6) is 0.720. The van der Waals surface area contributed by atoms with Gasteiger partial charge < -0.3 is 10.2 Å². The van der Waals surface area contributed by atoms with Gasteiger partial charge in [0.05, 0.1) is 12.3 Å². The van der Waals surface area contributed by atoms with Gasteiger partial charge in [-0.1, -0.05) is 48.5 Å². The lowest BCUT2D eigenvalue weighted by Gasteiger charge is -2.30. The van der Waals surface area contributed by atoms with Crippen molar-refractivity contribution in [3.8, 4) is 0 Å². The summed E-state index contributed by atoms with van der Waals surface area (Å²) in [5, 5.41) is 3.35. The number of piperidine rings is 1. The molecule has 2 N–H and O–H groups in total. The molecule has 1 aliphatic heterocycles. The number of nitrogens with zero attached hydrogens (tertiary/aromatic N) is 2. The maximum absolute atomic E-state index is 12.3. The quantitative estimate of drug-likeness (QED) is 0.553. The van der Waals surface area contributed by atoms with Gasteiger partial charge in [-0.3, -0.25) is 4.99 Å². The fourth-order valence-electron chi connectivity index (χ4n) is 3.11. The van der Waals surface area contributed by atoms with E-state index in [2.05, 4.69) is 19.9 Å². The van der Waals surface area contributed by atoms with Gasteiger partial charge in [0.1, 0.15) is 0 Å². The zero-order chi connectivity index (χ0) is 19.7. The normalized spacial score (nSPS) is 15.4. The Morgan fingerprint density at radius 3 is 2.25 bits per heavy atom. The molecule has 2 aromatic rings. The summed E-state index contributed by atoms with van der Waals surface area (Å²) in [5.41, 5.74) is 1.89. The van der Waals surface area contributed by atoms with Gasteiger partial charge in [0, 0.05) is 25.3 Å². The van der Waals surface area contributed by atoms with Crippen LogP contribution in [0.4, 0.5) is 5.69 Å². The van der Waals surface area contributed by atoms with Crippen LogP contribution in [0.1, 0.15) is 24.8 Å². The van der Waals surface area contributed by atoms with Crippen molar-refractivity contribution in [1.82, 2.24) is 9.62 Å². The van der Waals surface area contributed by atoms with Crippen LogP contribution < -0.4 is 10.0 Å². The fourth-order valence-corrected chi connectivity index (χ4v) is 3.97. The summed E-state index contributed by atoms with van der Waals surface area (Å²) in [6, 6.07) is 19.4. The van der Waals surface area contributed by atoms with Crippen molar-refractivity contribution in [2.75, 3.05) is 30.7 Å². The lowest BCUT2D eigenvalue weighted by Crippen LogP contribution is -2.40. The van der Waals surface area contributed by atoms with E-state index in [0.29, 0.717) is 6.54 Å². The Hall–Kier alpha value is -2.38. The van der Waals surface area contributed by atoms with Crippen molar-refractivity contribution in [2.45, 2.75) is 25.8 Å². The molecule has 1 saturated heterocycles. The lowest BCUT2D eigenvalue weighted by atomic mass is 10.1. The number of anilines is 1. The average molecular weight is 401 g/mol. The Bertz CT molecular complexity index is 848. The van der Waals surface area contributed by atoms with Gasteiger partial charge in [-0.15, -0.1) is 0 Å². The standard InChI is InChI=1S/C21H28N4O2S/c26-28(27,23-18-19-10-4-1-5-11-19)17-14-22-21(25-15-8-3-9-16-25)24-20-12-6-2-7-13-20/h1-2,4-7,10-13,23H,3,8-9,14-18H2,(H,22,24). The van der Waals surface area contributed by atoms with Gasteiger partial charge in [0.25, 0.3) is 0 Å². The number of aliphatic imine (C=N–C) groups is 1. The van der Waals surface area contributed by atoms with E-state index in [1.807, 2.05) is 60.7 Å². The summed E-state index contributed by atoms with van der Waals surface area (Å²) in [7, 11) is -3.38. The van der Waals surface area contributed by atoms with E-state index in [0.717, 1.165) is 43.1 Å². The smallest absolute Gasteiger partial charge is 0.213 e. The number of hydrogen-bond acceptors (Lipinski definition) is 3. The molecule has 0 amide bonds. The van der Waals surface area contributed by atoms with E-state index < -0.39 is 10.0 Å². The molecule has 1 aliphatic rings. The molecule has 6 nitrogen and oxygen atoms in total. The van der Waals surface area contributed by atoms with E-state index in [9.17, 15) is 8.42 Å². The van der Waals surface area contributed by atoms with Crippen molar-refractivity contribution in [1.29, 1.82) is 0 Å². The molecule has 1 fully saturated rings. The molecule has 0 aromatic heterocycles. The van der Waals surface area contributed by atoms with E-state index >= 15 is 0 Å². The van der Waals surface area contributed by atoms with Crippen LogP contribution in [0.15, 0.2) is 65.7 Å². The molecule has 0 aliphatic carbocycles. The summed E-state index contributed by atoms with van der Waals surface area (Å²) in [6.07, 6.45) is 3.49. The number of benzene rings is 2. The maximum Gasteiger partial charge on any atom is 0.213 e. The second kappa shape index (κ2) is 10.2. The van der Waals surface area contributed by atoms with E-state index in [-0.39, 0.29) is 12.3 Å². The largest absolute Gasteiger partial charge is 0.343 e. The van der Waals surface area contributed by atoms with Gasteiger partial charge in [0.15, 0.2) is 5.96 Å². The lowest BCUT2D eigenvalue weighted by molar-refractivity contribution is 0.340. The maximum atomic E-state index is 12.3. The minimum absolute atomic E-state index is 0.0341. The van der Waals surface area contributed by atoms with E-state index in [1.165, 1.54) is 6.42 Å². The predicted octanol–water partition coefficient (Wildman–Crippen LogP) is 3.06. The highest BCUT2D eigenvalue weighted by atomic mass is 32.2. The molecular weight excluding hydrogens is 372 g/mol. The average Bonchev–Trinajstić information content (AvgIpc) is 2.74. The monoisotopic (exact) mass is 400 g/mol. The number of likely N-dealkylation sites (tertiary alicyclic amines) is 1. The molecule has 28 heavy (non-hydrogen) atoms. The Kier molecular flexibility index (Phi) is 7.45. The van der Waals surface area contributed by atoms with Crippen LogP contribution in [0.5, 0.6) is 0 Å². The molecule has 0 radical (unpaired) electrons. The minimum Gasteiger partial charge on any atom is -0.343 e. The van der Waals surface area contributed by atoms with Gasteiger partial charge in [0.2, 0.25) is 10.0 Å². The second-order valence-corrected chi connectivity index (χ2v) is 8.80. The third-order valence-electron chi connectivity index (χ3n) is 4.65. The molecule has 3 rings (SSSR count). The Morgan fingerprint density at radius 1 is 0.929 bits per heavy atom. The molecule has 0 saturated carbocycles. The van der Waals surface area contributed by atoms with Gasteiger partial charge in [-0.2, -0.15) is 0 Å². The molecule has 0 atom stereocenters. The van der Waals surface area contributed by atoms with Gasteiger partial charge in [-0.25, -0.2) is 13.1 Å². The first kappa shape index (κ1) is 20.4.